The van der Waals surface area contributed by atoms with Crippen molar-refractivity contribution in [1.29, 1.82) is 0 Å². The summed E-state index contributed by atoms with van der Waals surface area (Å²) in [5.41, 5.74) is 3.19. The highest BCUT2D eigenvalue weighted by molar-refractivity contribution is 5.50. The zero-order chi connectivity index (χ0) is 14.7. The van der Waals surface area contributed by atoms with Crippen LogP contribution in [0.3, 0.4) is 0 Å². The van der Waals surface area contributed by atoms with Gasteiger partial charge in [-0.2, -0.15) is 4.98 Å². The molecule has 4 nitrogen and oxygen atoms in total. The van der Waals surface area contributed by atoms with Crippen LogP contribution in [-0.4, -0.2) is 16.5 Å². The van der Waals surface area contributed by atoms with Crippen molar-refractivity contribution in [1.82, 2.24) is 9.97 Å². The molecule has 4 heteroatoms. The highest BCUT2D eigenvalue weighted by Gasteiger charge is 2.12. The Hall–Kier alpha value is -2.10. The topological polar surface area (TPSA) is 47.0 Å². The number of anilines is 1. The first-order chi connectivity index (χ1) is 9.51. The van der Waals surface area contributed by atoms with E-state index in [9.17, 15) is 0 Å². The van der Waals surface area contributed by atoms with Gasteiger partial charge in [-0.1, -0.05) is 12.1 Å². The van der Waals surface area contributed by atoms with Crippen molar-refractivity contribution >= 4 is 5.82 Å². The molecule has 0 saturated carbocycles. The van der Waals surface area contributed by atoms with E-state index in [4.69, 9.17) is 4.74 Å². The number of ether oxygens (including phenoxy) is 1. The molecule has 0 spiro atoms. The fourth-order valence-electron chi connectivity index (χ4n) is 1.96. The van der Waals surface area contributed by atoms with Crippen LogP contribution in [0.25, 0.3) is 0 Å². The summed E-state index contributed by atoms with van der Waals surface area (Å²) in [6, 6.07) is 6.16. The van der Waals surface area contributed by atoms with Gasteiger partial charge >= 0.3 is 0 Å². The van der Waals surface area contributed by atoms with Crippen LogP contribution in [-0.2, 0) is 0 Å². The molecule has 1 aromatic heterocycles. The molecule has 1 heterocycles. The Morgan fingerprint density at radius 3 is 2.55 bits per heavy atom. The number of benzene rings is 1. The van der Waals surface area contributed by atoms with Crippen LogP contribution in [0.4, 0.5) is 5.82 Å². The lowest BCUT2D eigenvalue weighted by Crippen LogP contribution is -2.06. The number of nitrogens with one attached hydrogen (secondary N) is 1. The first-order valence-electron chi connectivity index (χ1n) is 6.85. The Morgan fingerprint density at radius 2 is 1.85 bits per heavy atom. The Morgan fingerprint density at radius 1 is 1.10 bits per heavy atom. The van der Waals surface area contributed by atoms with Crippen molar-refractivity contribution in [2.24, 2.45) is 0 Å². The molecule has 106 valence electrons. The third-order valence-corrected chi connectivity index (χ3v) is 3.11. The quantitative estimate of drug-likeness (QED) is 0.915. The molecule has 2 rings (SSSR count). The molecule has 0 bridgehead atoms. The minimum atomic E-state index is 0.613. The molecule has 0 amide bonds. The normalized spacial score (nSPS) is 10.4. The van der Waals surface area contributed by atoms with E-state index in [-0.39, 0.29) is 0 Å². The zero-order valence-corrected chi connectivity index (χ0v) is 12.7. The molecular weight excluding hydrogens is 250 g/mol. The van der Waals surface area contributed by atoms with Crippen LogP contribution < -0.4 is 10.1 Å². The number of hydrogen-bond donors (Lipinski definition) is 1. The average Bonchev–Trinajstić information content (AvgIpc) is 2.39. The van der Waals surface area contributed by atoms with Crippen LogP contribution in [0.2, 0.25) is 0 Å². The highest BCUT2D eigenvalue weighted by Crippen LogP contribution is 2.29. The van der Waals surface area contributed by atoms with Crippen LogP contribution in [0.15, 0.2) is 18.2 Å². The van der Waals surface area contributed by atoms with Crippen molar-refractivity contribution in [3.8, 4) is 11.6 Å². The summed E-state index contributed by atoms with van der Waals surface area (Å²) in [5.74, 6) is 2.99. The number of rotatable bonds is 4. The summed E-state index contributed by atoms with van der Waals surface area (Å²) in [6.07, 6.45) is 0. The van der Waals surface area contributed by atoms with E-state index in [2.05, 4.69) is 34.3 Å². The van der Waals surface area contributed by atoms with Gasteiger partial charge < -0.3 is 10.1 Å². The lowest BCUT2D eigenvalue weighted by Gasteiger charge is -2.14. The molecule has 0 fully saturated rings. The zero-order valence-electron chi connectivity index (χ0n) is 12.7. The smallest absolute Gasteiger partial charge is 0.227 e. The van der Waals surface area contributed by atoms with Gasteiger partial charge in [0, 0.05) is 6.54 Å². The van der Waals surface area contributed by atoms with Crippen LogP contribution >= 0.6 is 0 Å². The number of aryl methyl sites for hydroxylation is 3. The largest absolute Gasteiger partial charge is 0.438 e. The average molecular weight is 271 g/mol. The van der Waals surface area contributed by atoms with E-state index < -0.39 is 0 Å². The van der Waals surface area contributed by atoms with E-state index in [1.165, 1.54) is 5.56 Å². The Labute approximate surface area is 120 Å². The fraction of sp³-hybridized carbons (Fsp3) is 0.375. The first kappa shape index (κ1) is 14.3. The number of nitrogens with zero attached hydrogens (tertiary/aromatic N) is 2. The summed E-state index contributed by atoms with van der Waals surface area (Å²) in [6.45, 7) is 10.8. The Kier molecular flexibility index (Phi) is 4.23. The van der Waals surface area contributed by atoms with Crippen LogP contribution in [0.5, 0.6) is 11.6 Å². The van der Waals surface area contributed by atoms with Gasteiger partial charge in [-0.3, -0.25) is 0 Å². The first-order valence-corrected chi connectivity index (χ1v) is 6.85. The number of hydrogen-bond acceptors (Lipinski definition) is 4. The Balaban J connectivity index is 2.40. The monoisotopic (exact) mass is 271 g/mol. The molecule has 1 aromatic carbocycles. The third-order valence-electron chi connectivity index (χ3n) is 3.11. The van der Waals surface area contributed by atoms with Crippen molar-refractivity contribution in [3.63, 3.8) is 0 Å². The molecule has 0 aliphatic rings. The van der Waals surface area contributed by atoms with Gasteiger partial charge in [0.15, 0.2) is 0 Å². The molecule has 0 aliphatic carbocycles. The molecule has 0 saturated heterocycles. The third kappa shape index (κ3) is 3.07. The lowest BCUT2D eigenvalue weighted by molar-refractivity contribution is 0.452. The molecule has 0 radical (unpaired) electrons. The van der Waals surface area contributed by atoms with Gasteiger partial charge in [0.25, 0.3) is 0 Å². The molecule has 20 heavy (non-hydrogen) atoms. The van der Waals surface area contributed by atoms with Gasteiger partial charge in [-0.15, -0.1) is 0 Å². The van der Waals surface area contributed by atoms with Crippen molar-refractivity contribution in [2.75, 3.05) is 11.9 Å². The van der Waals surface area contributed by atoms with E-state index >= 15 is 0 Å². The van der Waals surface area contributed by atoms with Crippen molar-refractivity contribution < 1.29 is 4.74 Å². The summed E-state index contributed by atoms with van der Waals surface area (Å²) in [4.78, 5) is 8.81. The fourth-order valence-corrected chi connectivity index (χ4v) is 1.96. The predicted octanol–water partition coefficient (Wildman–Crippen LogP) is 3.93. The van der Waals surface area contributed by atoms with Crippen molar-refractivity contribution in [2.45, 2.75) is 34.6 Å². The summed E-state index contributed by atoms with van der Waals surface area (Å²) in [5, 5.41) is 3.24. The molecule has 2 aromatic rings. The van der Waals surface area contributed by atoms with E-state index in [1.54, 1.807) is 0 Å². The standard InChI is InChI=1S/C16H21N3O/c1-6-17-15-12(4)16(19-13(5)18-15)20-14-9-10(2)7-8-11(14)3/h7-9H,6H2,1-5H3,(H,17,18,19). The molecule has 0 unspecified atom stereocenters. The van der Waals surface area contributed by atoms with E-state index in [0.29, 0.717) is 11.7 Å². The molecular formula is C16H21N3O. The Bertz CT molecular complexity index is 623. The highest BCUT2D eigenvalue weighted by atomic mass is 16.5. The van der Waals surface area contributed by atoms with Gasteiger partial charge in [-0.05, 0) is 51.8 Å². The summed E-state index contributed by atoms with van der Waals surface area (Å²) >= 11 is 0. The lowest BCUT2D eigenvalue weighted by atomic mass is 10.1. The maximum Gasteiger partial charge on any atom is 0.227 e. The van der Waals surface area contributed by atoms with E-state index in [0.717, 1.165) is 29.2 Å². The molecule has 0 atom stereocenters. The van der Waals surface area contributed by atoms with Gasteiger partial charge in [0.05, 0.1) is 5.56 Å². The van der Waals surface area contributed by atoms with Crippen molar-refractivity contribution in [3.05, 3.63) is 40.7 Å². The SMILES string of the molecule is CCNc1nc(C)nc(Oc2cc(C)ccc2C)c1C. The second-order valence-electron chi connectivity index (χ2n) is 4.95. The maximum absolute atomic E-state index is 6.00. The van der Waals surface area contributed by atoms with Gasteiger partial charge in [0.2, 0.25) is 5.88 Å². The summed E-state index contributed by atoms with van der Waals surface area (Å²) in [7, 11) is 0. The molecule has 0 aliphatic heterocycles. The minimum absolute atomic E-state index is 0.613. The van der Waals surface area contributed by atoms with Gasteiger partial charge in [-0.25, -0.2) is 4.98 Å². The van der Waals surface area contributed by atoms with Crippen LogP contribution in [0, 0.1) is 27.7 Å². The summed E-state index contributed by atoms with van der Waals surface area (Å²) < 4.78 is 6.00. The van der Waals surface area contributed by atoms with E-state index in [1.807, 2.05) is 33.8 Å². The maximum atomic E-state index is 6.00. The van der Waals surface area contributed by atoms with Gasteiger partial charge in [0.1, 0.15) is 17.4 Å². The minimum Gasteiger partial charge on any atom is -0.438 e. The molecule has 1 N–H and O–H groups in total. The number of aromatic nitrogens is 2. The predicted molar refractivity (Wildman–Crippen MR) is 81.7 cm³/mol. The van der Waals surface area contributed by atoms with Crippen LogP contribution in [0.1, 0.15) is 29.4 Å². The second-order valence-corrected chi connectivity index (χ2v) is 4.95. The second kappa shape index (κ2) is 5.90.